The Morgan fingerprint density at radius 3 is 2.45 bits per heavy atom. The van der Waals surface area contributed by atoms with Gasteiger partial charge in [-0.1, -0.05) is 48.2 Å². The van der Waals surface area contributed by atoms with Crippen LogP contribution < -0.4 is 10.3 Å². The summed E-state index contributed by atoms with van der Waals surface area (Å²) < 4.78 is 6.83. The predicted molar refractivity (Wildman–Crippen MR) is 126 cm³/mol. The van der Waals surface area contributed by atoms with E-state index >= 15 is 0 Å². The minimum absolute atomic E-state index is 0.0665. The Bertz CT molecular complexity index is 1130. The molecule has 0 saturated carbocycles. The fourth-order valence-electron chi connectivity index (χ4n) is 3.12. The van der Waals surface area contributed by atoms with Gasteiger partial charge in [0.05, 0.1) is 30.3 Å². The quantitative estimate of drug-likeness (QED) is 0.276. The number of benzene rings is 2. The van der Waals surface area contributed by atoms with Crippen LogP contribution in [0.4, 0.5) is 0 Å². The van der Waals surface area contributed by atoms with Crippen molar-refractivity contribution in [3.63, 3.8) is 0 Å². The van der Waals surface area contributed by atoms with Crippen molar-refractivity contribution in [1.29, 1.82) is 0 Å². The van der Waals surface area contributed by atoms with E-state index in [1.54, 1.807) is 34.8 Å². The van der Waals surface area contributed by atoms with Crippen molar-refractivity contribution >= 4 is 28.6 Å². The van der Waals surface area contributed by atoms with Crippen molar-refractivity contribution < 1.29 is 9.53 Å². The first kappa shape index (κ1) is 22.4. The monoisotopic (exact) mass is 435 g/mol. The van der Waals surface area contributed by atoms with Crippen LogP contribution >= 0.6 is 11.8 Å². The van der Waals surface area contributed by atoms with Crippen molar-refractivity contribution in [3.8, 4) is 5.75 Å². The van der Waals surface area contributed by atoms with E-state index in [2.05, 4.69) is 18.1 Å². The van der Waals surface area contributed by atoms with E-state index in [9.17, 15) is 9.59 Å². The van der Waals surface area contributed by atoms with Crippen molar-refractivity contribution in [3.05, 3.63) is 89.8 Å². The van der Waals surface area contributed by atoms with Gasteiger partial charge in [-0.3, -0.25) is 14.2 Å². The lowest BCUT2D eigenvalue weighted by molar-refractivity contribution is -0.127. The van der Waals surface area contributed by atoms with Gasteiger partial charge in [0.25, 0.3) is 5.56 Å². The van der Waals surface area contributed by atoms with Crippen LogP contribution in [0.1, 0.15) is 5.56 Å². The molecule has 0 bridgehead atoms. The van der Waals surface area contributed by atoms with Gasteiger partial charge in [-0.2, -0.15) is 0 Å². The summed E-state index contributed by atoms with van der Waals surface area (Å²) in [6, 6.07) is 14.8. The number of hydrogen-bond acceptors (Lipinski definition) is 5. The predicted octanol–water partition coefficient (Wildman–Crippen LogP) is 3.75. The van der Waals surface area contributed by atoms with E-state index < -0.39 is 0 Å². The molecule has 1 aromatic heterocycles. The second-order valence-corrected chi connectivity index (χ2v) is 7.76. The van der Waals surface area contributed by atoms with E-state index in [1.807, 2.05) is 42.5 Å². The van der Waals surface area contributed by atoms with Crippen LogP contribution in [0.15, 0.2) is 83.8 Å². The molecule has 0 aliphatic rings. The smallest absolute Gasteiger partial charge is 0.262 e. The Morgan fingerprint density at radius 2 is 1.81 bits per heavy atom. The lowest BCUT2D eigenvalue weighted by Gasteiger charge is -2.19. The highest BCUT2D eigenvalue weighted by Crippen LogP contribution is 2.20. The van der Waals surface area contributed by atoms with Crippen LogP contribution in [0.25, 0.3) is 10.9 Å². The minimum Gasteiger partial charge on any atom is -0.497 e. The molecule has 7 heteroatoms. The first-order valence-electron chi connectivity index (χ1n) is 9.82. The zero-order valence-corrected chi connectivity index (χ0v) is 18.3. The maximum atomic E-state index is 13.2. The molecule has 3 aromatic rings. The molecule has 1 heterocycles. The maximum Gasteiger partial charge on any atom is 0.262 e. The molecule has 0 atom stereocenters. The number of amides is 1. The van der Waals surface area contributed by atoms with Gasteiger partial charge in [-0.05, 0) is 29.8 Å². The number of thioether (sulfide) groups is 1. The average molecular weight is 436 g/mol. The summed E-state index contributed by atoms with van der Waals surface area (Å²) in [5.74, 6) is 0.843. The number of rotatable bonds is 10. The molecule has 0 saturated heterocycles. The summed E-state index contributed by atoms with van der Waals surface area (Å²) in [6.45, 7) is 8.63. The number of methoxy groups -OCH3 is 1. The molecule has 6 nitrogen and oxygen atoms in total. The van der Waals surface area contributed by atoms with Crippen molar-refractivity contribution in [2.24, 2.45) is 0 Å². The summed E-state index contributed by atoms with van der Waals surface area (Å²) in [6.07, 6.45) is 3.36. The van der Waals surface area contributed by atoms with Gasteiger partial charge in [0.1, 0.15) is 5.75 Å². The Morgan fingerprint density at radius 1 is 1.13 bits per heavy atom. The normalized spacial score (nSPS) is 10.6. The Hall–Kier alpha value is -3.32. The van der Waals surface area contributed by atoms with Gasteiger partial charge < -0.3 is 9.64 Å². The SMILES string of the molecule is C=CCN(CC=C)C(=O)CSc1nc2ccccc2c(=O)n1Cc1ccc(OC)cc1. The largest absolute Gasteiger partial charge is 0.497 e. The van der Waals surface area contributed by atoms with Gasteiger partial charge in [0, 0.05) is 13.1 Å². The van der Waals surface area contributed by atoms with Crippen molar-refractivity contribution in [1.82, 2.24) is 14.5 Å². The third-order valence-corrected chi connectivity index (χ3v) is 5.66. The van der Waals surface area contributed by atoms with Crippen LogP contribution in [0.3, 0.4) is 0 Å². The van der Waals surface area contributed by atoms with Crippen LogP contribution in [-0.4, -0.2) is 46.3 Å². The highest BCUT2D eigenvalue weighted by Gasteiger charge is 2.16. The van der Waals surface area contributed by atoms with E-state index in [1.165, 1.54) is 11.8 Å². The lowest BCUT2D eigenvalue weighted by atomic mass is 10.2. The van der Waals surface area contributed by atoms with Crippen molar-refractivity contribution in [2.45, 2.75) is 11.7 Å². The number of carbonyl (C=O) groups excluding carboxylic acids is 1. The molecule has 3 rings (SSSR count). The van der Waals surface area contributed by atoms with Gasteiger partial charge in [-0.25, -0.2) is 4.98 Å². The third-order valence-electron chi connectivity index (χ3n) is 4.70. The number of aromatic nitrogens is 2. The molecule has 1 amide bonds. The molecule has 160 valence electrons. The molecule has 0 radical (unpaired) electrons. The van der Waals surface area contributed by atoms with Crippen LogP contribution in [-0.2, 0) is 11.3 Å². The zero-order valence-electron chi connectivity index (χ0n) is 17.5. The average Bonchev–Trinajstić information content (AvgIpc) is 2.80. The molecule has 0 aliphatic heterocycles. The highest BCUT2D eigenvalue weighted by molar-refractivity contribution is 7.99. The molecule has 0 N–H and O–H groups in total. The third kappa shape index (κ3) is 5.44. The van der Waals surface area contributed by atoms with Crippen LogP contribution in [0, 0.1) is 0 Å². The summed E-state index contributed by atoms with van der Waals surface area (Å²) in [5, 5.41) is 1.05. The van der Waals surface area contributed by atoms with Crippen LogP contribution in [0.2, 0.25) is 0 Å². The lowest BCUT2D eigenvalue weighted by Crippen LogP contribution is -2.33. The van der Waals surface area contributed by atoms with Gasteiger partial charge in [0.15, 0.2) is 5.16 Å². The highest BCUT2D eigenvalue weighted by atomic mass is 32.2. The molecule has 0 fully saturated rings. The van der Waals surface area contributed by atoms with E-state index in [4.69, 9.17) is 4.74 Å². The summed E-state index contributed by atoms with van der Waals surface area (Å²) in [5.41, 5.74) is 1.42. The fraction of sp³-hybridized carbons (Fsp3) is 0.208. The van der Waals surface area contributed by atoms with Gasteiger partial charge >= 0.3 is 0 Å². The molecule has 0 unspecified atom stereocenters. The van der Waals surface area contributed by atoms with E-state index in [0.717, 1.165) is 11.3 Å². The second-order valence-electron chi connectivity index (χ2n) is 6.82. The maximum absolute atomic E-state index is 13.2. The van der Waals surface area contributed by atoms with Gasteiger partial charge in [-0.15, -0.1) is 13.2 Å². The number of ether oxygens (including phenoxy) is 1. The van der Waals surface area contributed by atoms with E-state index in [0.29, 0.717) is 35.7 Å². The number of para-hydroxylation sites is 1. The molecular formula is C24H25N3O3S. The van der Waals surface area contributed by atoms with Gasteiger partial charge in [0.2, 0.25) is 5.91 Å². The zero-order chi connectivity index (χ0) is 22.2. The molecule has 0 spiro atoms. The molecule has 0 aliphatic carbocycles. The number of hydrogen-bond donors (Lipinski definition) is 0. The topological polar surface area (TPSA) is 64.4 Å². The van der Waals surface area contributed by atoms with Crippen molar-refractivity contribution in [2.75, 3.05) is 26.0 Å². The summed E-state index contributed by atoms with van der Waals surface area (Å²) >= 11 is 1.26. The van der Waals surface area contributed by atoms with Crippen LogP contribution in [0.5, 0.6) is 5.75 Å². The fourth-order valence-corrected chi connectivity index (χ4v) is 4.02. The molecular weight excluding hydrogens is 410 g/mol. The molecule has 2 aromatic carbocycles. The number of carbonyl (C=O) groups is 1. The van der Waals surface area contributed by atoms with E-state index in [-0.39, 0.29) is 17.2 Å². The first-order chi connectivity index (χ1) is 15.1. The number of nitrogens with zero attached hydrogens (tertiary/aromatic N) is 3. The first-order valence-corrected chi connectivity index (χ1v) is 10.8. The second kappa shape index (κ2) is 10.6. The Balaban J connectivity index is 1.93. The summed E-state index contributed by atoms with van der Waals surface area (Å²) in [4.78, 5) is 32.2. The number of fused-ring (bicyclic) bond motifs is 1. The Labute approximate surface area is 185 Å². The standard InChI is InChI=1S/C24H25N3O3S/c1-4-14-26(15-5-2)22(28)17-31-24-25-21-9-7-6-8-20(21)23(29)27(24)16-18-10-12-19(30-3)13-11-18/h4-13H,1-2,14-17H2,3H3. The minimum atomic E-state index is -0.134. The molecule has 31 heavy (non-hydrogen) atoms. The Kier molecular flexibility index (Phi) is 7.67. The summed E-state index contributed by atoms with van der Waals surface area (Å²) in [7, 11) is 1.61.